The van der Waals surface area contributed by atoms with Crippen molar-refractivity contribution in [3.8, 4) is 6.07 Å². The number of aromatic nitrogens is 6. The summed E-state index contributed by atoms with van der Waals surface area (Å²) in [7, 11) is 2.07. The second-order valence-electron chi connectivity index (χ2n) is 11.7. The molecule has 4 aromatic heterocycles. The van der Waals surface area contributed by atoms with E-state index in [1.807, 2.05) is 42.4 Å². The van der Waals surface area contributed by atoms with Gasteiger partial charge < -0.3 is 30.0 Å². The molecule has 2 fully saturated rings. The van der Waals surface area contributed by atoms with Crippen LogP contribution in [0.1, 0.15) is 46.5 Å². The third kappa shape index (κ3) is 6.59. The molecule has 6 rings (SSSR count). The summed E-state index contributed by atoms with van der Waals surface area (Å²) in [5.41, 5.74) is 1.64. The average Bonchev–Trinajstić information content (AvgIpc) is 3.72. The van der Waals surface area contributed by atoms with Gasteiger partial charge in [0.15, 0.2) is 0 Å². The van der Waals surface area contributed by atoms with Gasteiger partial charge in [0.25, 0.3) is 0 Å². The molecule has 0 saturated carbocycles. The Morgan fingerprint density at radius 3 is 2.30 bits per heavy atom. The van der Waals surface area contributed by atoms with Crippen LogP contribution in [-0.4, -0.2) is 96.8 Å². The lowest BCUT2D eigenvalue weighted by atomic mass is 9.92. The molecular weight excluding hydrogens is 558 g/mol. The highest BCUT2D eigenvalue weighted by molar-refractivity contribution is 5.88. The Balaban J connectivity index is 0.000000175. The second-order valence-corrected chi connectivity index (χ2v) is 11.7. The lowest BCUT2D eigenvalue weighted by molar-refractivity contribution is -0.133. The fraction of sp³-hybridized carbons (Fsp3) is 0.516. The number of aromatic amines is 2. The summed E-state index contributed by atoms with van der Waals surface area (Å²) in [4.78, 5) is 53.3. The molecule has 6 heterocycles. The monoisotopic (exact) mass is 599 g/mol. The highest BCUT2D eigenvalue weighted by atomic mass is 16.2. The number of fused-ring (bicyclic) bond motifs is 2. The van der Waals surface area contributed by atoms with Crippen molar-refractivity contribution < 1.29 is 9.59 Å². The first kappa shape index (κ1) is 30.7. The summed E-state index contributed by atoms with van der Waals surface area (Å²) in [6, 6.07) is 6.25. The third-order valence-electron chi connectivity index (χ3n) is 8.96. The molecule has 2 saturated heterocycles. The van der Waals surface area contributed by atoms with Gasteiger partial charge in [-0.05, 0) is 36.8 Å². The summed E-state index contributed by atoms with van der Waals surface area (Å²) in [6.45, 7) is 9.28. The van der Waals surface area contributed by atoms with Gasteiger partial charge >= 0.3 is 0 Å². The maximum Gasteiger partial charge on any atom is 0.236 e. The Morgan fingerprint density at radius 1 is 0.955 bits per heavy atom. The minimum atomic E-state index is -0.101. The first-order valence-electron chi connectivity index (χ1n) is 15.3. The maximum atomic E-state index is 12.0. The fourth-order valence-corrected chi connectivity index (χ4v) is 6.13. The number of anilines is 2. The van der Waals surface area contributed by atoms with E-state index >= 15 is 0 Å². The van der Waals surface area contributed by atoms with Gasteiger partial charge in [-0.25, -0.2) is 19.9 Å². The molecule has 0 aliphatic carbocycles. The summed E-state index contributed by atoms with van der Waals surface area (Å²) < 4.78 is 0. The molecule has 44 heavy (non-hydrogen) atoms. The zero-order chi connectivity index (χ0) is 31.2. The van der Waals surface area contributed by atoms with Crippen molar-refractivity contribution in [2.75, 3.05) is 43.4 Å². The Morgan fingerprint density at radius 2 is 1.59 bits per heavy atom. The van der Waals surface area contributed by atoms with Crippen LogP contribution in [0, 0.1) is 23.2 Å². The van der Waals surface area contributed by atoms with Crippen molar-refractivity contribution in [2.24, 2.45) is 11.8 Å². The molecule has 4 atom stereocenters. The van der Waals surface area contributed by atoms with E-state index < -0.39 is 0 Å². The van der Waals surface area contributed by atoms with Crippen molar-refractivity contribution in [1.29, 1.82) is 5.26 Å². The van der Waals surface area contributed by atoms with E-state index in [-0.39, 0.29) is 30.3 Å². The molecule has 13 nitrogen and oxygen atoms in total. The number of likely N-dealkylation sites (tertiary alicyclic amines) is 2. The lowest BCUT2D eigenvalue weighted by Crippen LogP contribution is -2.52. The quantitative estimate of drug-likeness (QED) is 0.301. The number of nitrogens with one attached hydrogen (secondary N) is 3. The molecular formula is C31H41N11O2. The van der Waals surface area contributed by atoms with E-state index in [4.69, 9.17) is 5.26 Å². The van der Waals surface area contributed by atoms with Gasteiger partial charge in [-0.1, -0.05) is 20.8 Å². The van der Waals surface area contributed by atoms with Crippen molar-refractivity contribution in [3.05, 3.63) is 37.2 Å². The van der Waals surface area contributed by atoms with Gasteiger partial charge in [0.05, 0.1) is 22.9 Å². The zero-order valence-electron chi connectivity index (χ0n) is 25.8. The number of likely N-dealkylation sites (N-methyl/N-ethyl adjacent to an activating group) is 1. The maximum absolute atomic E-state index is 12.0. The highest BCUT2D eigenvalue weighted by Gasteiger charge is 2.32. The molecule has 3 N–H and O–H groups in total. The highest BCUT2D eigenvalue weighted by Crippen LogP contribution is 2.29. The number of H-pyrrole nitrogens is 2. The molecule has 2 aliphatic rings. The van der Waals surface area contributed by atoms with E-state index in [0.717, 1.165) is 59.6 Å². The van der Waals surface area contributed by atoms with Crippen LogP contribution < -0.4 is 10.2 Å². The molecule has 4 aromatic rings. The number of rotatable bonds is 6. The molecule has 2 amide bonds. The first-order valence-corrected chi connectivity index (χ1v) is 15.3. The van der Waals surface area contributed by atoms with Crippen LogP contribution >= 0.6 is 0 Å². The van der Waals surface area contributed by atoms with Crippen LogP contribution in [0.2, 0.25) is 0 Å². The van der Waals surface area contributed by atoms with E-state index in [9.17, 15) is 9.59 Å². The van der Waals surface area contributed by atoms with Gasteiger partial charge in [0.2, 0.25) is 11.8 Å². The molecule has 2 aliphatic heterocycles. The minimum absolute atomic E-state index is 0.0589. The van der Waals surface area contributed by atoms with Crippen molar-refractivity contribution in [1.82, 2.24) is 39.7 Å². The average molecular weight is 600 g/mol. The van der Waals surface area contributed by atoms with E-state index in [1.54, 1.807) is 11.2 Å². The fourth-order valence-electron chi connectivity index (χ4n) is 6.13. The van der Waals surface area contributed by atoms with Crippen LogP contribution in [-0.2, 0) is 9.59 Å². The van der Waals surface area contributed by atoms with Crippen molar-refractivity contribution in [3.63, 3.8) is 0 Å². The predicted octanol–water partition coefficient (Wildman–Crippen LogP) is 3.56. The Kier molecular flexibility index (Phi) is 9.57. The number of hydrogen-bond donors (Lipinski definition) is 3. The van der Waals surface area contributed by atoms with Crippen LogP contribution in [0.15, 0.2) is 37.2 Å². The number of amides is 2. The Bertz CT molecular complexity index is 1630. The normalized spacial score (nSPS) is 21.8. The minimum Gasteiger partial charge on any atom is -0.365 e. The number of piperidine rings is 2. The van der Waals surface area contributed by atoms with E-state index in [0.29, 0.717) is 31.3 Å². The third-order valence-corrected chi connectivity index (χ3v) is 8.96. The number of nitriles is 1. The van der Waals surface area contributed by atoms with Crippen LogP contribution in [0.4, 0.5) is 11.6 Å². The predicted molar refractivity (Wildman–Crippen MR) is 169 cm³/mol. The van der Waals surface area contributed by atoms with E-state index in [2.05, 4.69) is 61.0 Å². The number of carbonyl (C=O) groups excluding carboxylic acids is 2. The Labute approximate surface area is 257 Å². The van der Waals surface area contributed by atoms with Crippen LogP contribution in [0.25, 0.3) is 22.1 Å². The van der Waals surface area contributed by atoms with Crippen molar-refractivity contribution in [2.45, 2.75) is 58.5 Å². The van der Waals surface area contributed by atoms with E-state index in [1.165, 1.54) is 6.33 Å². The summed E-state index contributed by atoms with van der Waals surface area (Å²) in [5, 5.41) is 14.1. The summed E-state index contributed by atoms with van der Waals surface area (Å²) >= 11 is 0. The van der Waals surface area contributed by atoms with Crippen molar-refractivity contribution >= 4 is 45.5 Å². The number of carbonyl (C=O) groups is 2. The van der Waals surface area contributed by atoms with Crippen LogP contribution in [0.3, 0.4) is 0 Å². The van der Waals surface area contributed by atoms with Crippen LogP contribution in [0.5, 0.6) is 0 Å². The molecule has 0 aromatic carbocycles. The summed E-state index contributed by atoms with van der Waals surface area (Å²) in [5.74, 6) is 2.78. The number of hydrogen-bond acceptors (Lipinski definition) is 9. The van der Waals surface area contributed by atoms with Gasteiger partial charge in [-0.15, -0.1) is 0 Å². The largest absolute Gasteiger partial charge is 0.365 e. The molecule has 0 bridgehead atoms. The molecule has 0 radical (unpaired) electrons. The smallest absolute Gasteiger partial charge is 0.236 e. The molecule has 0 spiro atoms. The standard InChI is InChI=1S/C16H23N5O.C15H18N6O/c1-4-14(22)21-8-6-11(2)13(9-21)20(3)16-12-5-7-17-15(12)18-10-19-16;1-10-4-7-21(13(22)2-5-16)8-12(10)20-15-11-3-6-17-14(11)18-9-19-15/h5,7,10-11,13H,4,6,8-9H2,1-3H3,(H,17,18,19);3,6,9-10,12H,2,4,7-8H2,1H3,(H2,17,18,19,20). The second kappa shape index (κ2) is 13.7. The molecule has 232 valence electrons. The topological polar surface area (TPSA) is 163 Å². The first-order chi connectivity index (χ1) is 21.3. The molecule has 4 unspecified atom stereocenters. The SMILES string of the molecule is CC1CCN(C(=O)CC#N)CC1Nc1ncnc2[nH]ccc12.CCC(=O)N1CCC(C)C(N(C)c2ncnc3[nH]ccc23)C1. The summed E-state index contributed by atoms with van der Waals surface area (Å²) in [6.07, 6.45) is 9.28. The van der Waals surface area contributed by atoms with Gasteiger partial charge in [-0.3, -0.25) is 9.59 Å². The van der Waals surface area contributed by atoms with Gasteiger partial charge in [0, 0.05) is 58.1 Å². The zero-order valence-corrected chi connectivity index (χ0v) is 25.8. The molecule has 13 heteroatoms. The number of nitrogens with zero attached hydrogens (tertiary/aromatic N) is 8. The van der Waals surface area contributed by atoms with Gasteiger partial charge in [-0.2, -0.15) is 5.26 Å². The lowest BCUT2D eigenvalue weighted by Gasteiger charge is -2.42. The Hall–Kier alpha value is -4.73. The van der Waals surface area contributed by atoms with Gasteiger partial charge in [0.1, 0.15) is 42.0 Å².